The van der Waals surface area contributed by atoms with Crippen molar-refractivity contribution >= 4 is 5.91 Å². The minimum absolute atomic E-state index is 0.0268. The van der Waals surface area contributed by atoms with Gasteiger partial charge in [0.05, 0.1) is 18.7 Å². The molecule has 1 aliphatic heterocycles. The minimum Gasteiger partial charge on any atom is -0.394 e. The number of carbonyl (C=O) groups excluding carboxylic acids is 1. The summed E-state index contributed by atoms with van der Waals surface area (Å²) in [5.74, 6) is 6.20. The van der Waals surface area contributed by atoms with Crippen LogP contribution in [0.3, 0.4) is 0 Å². The number of nitriles is 1. The maximum absolute atomic E-state index is 12.3. The lowest BCUT2D eigenvalue weighted by Gasteiger charge is -2.51. The highest BCUT2D eigenvalue weighted by atomic mass is 16.3. The van der Waals surface area contributed by atoms with Gasteiger partial charge in [-0.05, 0) is 37.0 Å². The van der Waals surface area contributed by atoms with Crippen LogP contribution in [-0.4, -0.2) is 34.6 Å². The second kappa shape index (κ2) is 7.07. The van der Waals surface area contributed by atoms with Gasteiger partial charge in [-0.2, -0.15) is 5.26 Å². The molecule has 3 rings (SSSR count). The van der Waals surface area contributed by atoms with Crippen LogP contribution < -0.4 is 0 Å². The van der Waals surface area contributed by atoms with Gasteiger partial charge in [0.15, 0.2) is 0 Å². The number of likely N-dealkylation sites (tertiary alicyclic amines) is 1. The summed E-state index contributed by atoms with van der Waals surface area (Å²) < 4.78 is 0. The number of rotatable bonds is 4. The van der Waals surface area contributed by atoms with Gasteiger partial charge < -0.3 is 10.0 Å². The summed E-state index contributed by atoms with van der Waals surface area (Å²) >= 11 is 0. The standard InChI is InChI=1S/C20H22N2O2/c1-2-3-4-5-14-6-8-15(9-7-14)19-17(12-21)22(18(19)13-23)20(24)16-10-11-16/h6-9,16-19,23H,2-3,10-11,13H2,1H3/t17-,18-,19-/m0/s1. The number of nitrogens with zero attached hydrogens (tertiary/aromatic N) is 2. The van der Waals surface area contributed by atoms with Crippen molar-refractivity contribution in [3.8, 4) is 17.9 Å². The van der Waals surface area contributed by atoms with E-state index in [1.54, 1.807) is 4.90 Å². The third-order valence-electron chi connectivity index (χ3n) is 4.82. The molecule has 0 bridgehead atoms. The molecular formula is C20H22N2O2. The smallest absolute Gasteiger partial charge is 0.227 e. The molecule has 24 heavy (non-hydrogen) atoms. The van der Waals surface area contributed by atoms with Crippen molar-refractivity contribution in [2.24, 2.45) is 5.92 Å². The molecule has 1 heterocycles. The predicted octanol–water partition coefficient (Wildman–Crippen LogP) is 2.43. The average Bonchev–Trinajstić information content (AvgIpc) is 3.41. The molecule has 0 unspecified atom stereocenters. The molecule has 2 fully saturated rings. The Hall–Kier alpha value is -2.30. The number of benzene rings is 1. The molecule has 1 aromatic carbocycles. The zero-order valence-corrected chi connectivity index (χ0v) is 13.9. The Kier molecular flexibility index (Phi) is 4.88. The molecule has 1 saturated carbocycles. The molecule has 4 heteroatoms. The SMILES string of the molecule is CCCC#Cc1ccc([C@H]2[C@H](C#N)N(C(=O)C3CC3)[C@H]2CO)cc1. The molecule has 1 aliphatic carbocycles. The topological polar surface area (TPSA) is 64.3 Å². The third-order valence-corrected chi connectivity index (χ3v) is 4.82. The third kappa shape index (κ3) is 3.03. The predicted molar refractivity (Wildman–Crippen MR) is 90.8 cm³/mol. The Morgan fingerprint density at radius 1 is 1.33 bits per heavy atom. The van der Waals surface area contributed by atoms with Crippen LogP contribution in [-0.2, 0) is 4.79 Å². The fourth-order valence-corrected chi connectivity index (χ4v) is 3.33. The Labute approximate surface area is 143 Å². The van der Waals surface area contributed by atoms with Crippen molar-refractivity contribution in [2.45, 2.75) is 50.6 Å². The minimum atomic E-state index is -0.479. The van der Waals surface area contributed by atoms with Crippen molar-refractivity contribution in [1.82, 2.24) is 4.90 Å². The molecule has 2 aliphatic rings. The molecule has 0 spiro atoms. The van der Waals surface area contributed by atoms with Gasteiger partial charge in [-0.15, -0.1) is 0 Å². The number of carbonyl (C=O) groups is 1. The second-order valence-electron chi connectivity index (χ2n) is 6.54. The zero-order valence-electron chi connectivity index (χ0n) is 13.9. The fraction of sp³-hybridized carbons (Fsp3) is 0.500. The molecule has 3 atom stereocenters. The van der Waals surface area contributed by atoms with Crippen molar-refractivity contribution in [2.75, 3.05) is 6.61 Å². The molecule has 1 saturated heterocycles. The van der Waals surface area contributed by atoms with Crippen molar-refractivity contribution in [3.63, 3.8) is 0 Å². The first kappa shape index (κ1) is 16.6. The van der Waals surface area contributed by atoms with Gasteiger partial charge in [-0.3, -0.25) is 4.79 Å². The maximum atomic E-state index is 12.3. The van der Waals surface area contributed by atoms with Crippen LogP contribution in [0.2, 0.25) is 0 Å². The number of unbranched alkanes of at least 4 members (excludes halogenated alkanes) is 1. The van der Waals surface area contributed by atoms with E-state index in [-0.39, 0.29) is 30.4 Å². The summed E-state index contributed by atoms with van der Waals surface area (Å²) in [5, 5.41) is 19.2. The average molecular weight is 322 g/mol. The molecule has 0 aromatic heterocycles. The van der Waals surface area contributed by atoms with E-state index in [2.05, 4.69) is 24.8 Å². The number of amides is 1. The van der Waals surface area contributed by atoms with Crippen LogP contribution in [0.1, 0.15) is 49.7 Å². The highest BCUT2D eigenvalue weighted by Crippen LogP contribution is 2.44. The van der Waals surface area contributed by atoms with Gasteiger partial charge in [0, 0.05) is 23.8 Å². The summed E-state index contributed by atoms with van der Waals surface area (Å²) in [6.45, 7) is 1.99. The summed E-state index contributed by atoms with van der Waals surface area (Å²) in [6, 6.07) is 9.31. The van der Waals surface area contributed by atoms with E-state index in [1.807, 2.05) is 24.3 Å². The van der Waals surface area contributed by atoms with Crippen molar-refractivity contribution in [1.29, 1.82) is 5.26 Å². The van der Waals surface area contributed by atoms with E-state index in [0.717, 1.165) is 36.8 Å². The van der Waals surface area contributed by atoms with Crippen LogP contribution in [0.25, 0.3) is 0 Å². The molecular weight excluding hydrogens is 300 g/mol. The number of aliphatic hydroxyl groups excluding tert-OH is 1. The van der Waals surface area contributed by atoms with E-state index in [4.69, 9.17) is 0 Å². The van der Waals surface area contributed by atoms with Crippen molar-refractivity contribution < 1.29 is 9.90 Å². The lowest BCUT2D eigenvalue weighted by atomic mass is 9.75. The monoisotopic (exact) mass is 322 g/mol. The maximum Gasteiger partial charge on any atom is 0.227 e. The lowest BCUT2D eigenvalue weighted by molar-refractivity contribution is -0.148. The summed E-state index contributed by atoms with van der Waals surface area (Å²) in [6.07, 6.45) is 3.73. The Morgan fingerprint density at radius 2 is 2.04 bits per heavy atom. The number of hydrogen-bond donors (Lipinski definition) is 1. The van der Waals surface area contributed by atoms with Crippen LogP contribution >= 0.6 is 0 Å². The first-order valence-corrected chi connectivity index (χ1v) is 8.62. The zero-order chi connectivity index (χ0) is 17.1. The Morgan fingerprint density at radius 3 is 2.58 bits per heavy atom. The highest BCUT2D eigenvalue weighted by Gasteiger charge is 2.53. The first-order chi connectivity index (χ1) is 11.7. The summed E-state index contributed by atoms with van der Waals surface area (Å²) in [7, 11) is 0. The largest absolute Gasteiger partial charge is 0.394 e. The van der Waals surface area contributed by atoms with Gasteiger partial charge >= 0.3 is 0 Å². The molecule has 1 N–H and O–H groups in total. The van der Waals surface area contributed by atoms with Gasteiger partial charge in [-0.1, -0.05) is 30.9 Å². The normalized spacial score (nSPS) is 25.2. The van der Waals surface area contributed by atoms with E-state index in [9.17, 15) is 15.2 Å². The van der Waals surface area contributed by atoms with Crippen LogP contribution in [0.4, 0.5) is 0 Å². The molecule has 1 amide bonds. The Balaban J connectivity index is 1.77. The quantitative estimate of drug-likeness (QED) is 0.866. The summed E-state index contributed by atoms with van der Waals surface area (Å²) in [5.41, 5.74) is 1.94. The molecule has 124 valence electrons. The van der Waals surface area contributed by atoms with Gasteiger partial charge in [0.25, 0.3) is 0 Å². The van der Waals surface area contributed by atoms with E-state index < -0.39 is 6.04 Å². The highest BCUT2D eigenvalue weighted by molar-refractivity contribution is 5.83. The van der Waals surface area contributed by atoms with Crippen LogP contribution in [0.15, 0.2) is 24.3 Å². The van der Waals surface area contributed by atoms with E-state index >= 15 is 0 Å². The molecule has 4 nitrogen and oxygen atoms in total. The molecule has 1 aromatic rings. The van der Waals surface area contributed by atoms with E-state index in [0.29, 0.717) is 0 Å². The van der Waals surface area contributed by atoms with Gasteiger partial charge in [0.2, 0.25) is 5.91 Å². The second-order valence-corrected chi connectivity index (χ2v) is 6.54. The molecule has 0 radical (unpaired) electrons. The van der Waals surface area contributed by atoms with E-state index in [1.165, 1.54) is 0 Å². The van der Waals surface area contributed by atoms with Gasteiger partial charge in [0.1, 0.15) is 6.04 Å². The number of aliphatic hydroxyl groups is 1. The van der Waals surface area contributed by atoms with Crippen LogP contribution in [0.5, 0.6) is 0 Å². The lowest BCUT2D eigenvalue weighted by Crippen LogP contribution is -2.65. The summed E-state index contributed by atoms with van der Waals surface area (Å²) in [4.78, 5) is 13.9. The van der Waals surface area contributed by atoms with Gasteiger partial charge in [-0.25, -0.2) is 0 Å². The van der Waals surface area contributed by atoms with Crippen molar-refractivity contribution in [3.05, 3.63) is 35.4 Å². The fourth-order valence-electron chi connectivity index (χ4n) is 3.33. The Bertz CT molecular complexity index is 704. The number of hydrogen-bond acceptors (Lipinski definition) is 3. The first-order valence-electron chi connectivity index (χ1n) is 8.62. The van der Waals surface area contributed by atoms with Crippen LogP contribution in [0, 0.1) is 29.1 Å².